The first-order valence-electron chi connectivity index (χ1n) is 9.96. The van der Waals surface area contributed by atoms with Gasteiger partial charge in [0.2, 0.25) is 0 Å². The van der Waals surface area contributed by atoms with Gasteiger partial charge < -0.3 is 10.1 Å². The van der Waals surface area contributed by atoms with Gasteiger partial charge in [0.25, 0.3) is 0 Å². The lowest BCUT2D eigenvalue weighted by atomic mass is 9.99. The zero-order chi connectivity index (χ0) is 21.2. The van der Waals surface area contributed by atoms with Gasteiger partial charge in [0.05, 0.1) is 16.0 Å². The smallest absolute Gasteiger partial charge is 0.407 e. The topological polar surface area (TPSA) is 55.4 Å². The fourth-order valence-corrected chi connectivity index (χ4v) is 4.68. The quantitative estimate of drug-likeness (QED) is 0.532. The Morgan fingerprint density at radius 1 is 1.14 bits per heavy atom. The molecule has 5 heteroatoms. The number of allylic oxidation sites excluding steroid dienone is 1. The Bertz CT molecular complexity index is 803. The molecule has 0 bridgehead atoms. The van der Waals surface area contributed by atoms with Crippen LogP contribution in [0.5, 0.6) is 0 Å². The molecule has 2 aromatic carbocycles. The number of nitrogens with one attached hydrogen (secondary N) is 1. The van der Waals surface area contributed by atoms with Gasteiger partial charge >= 0.3 is 6.09 Å². The summed E-state index contributed by atoms with van der Waals surface area (Å²) in [7, 11) is -1.27. The lowest BCUT2D eigenvalue weighted by molar-refractivity contribution is 0.134. The molecular weight excluding hydrogens is 382 g/mol. The summed E-state index contributed by atoms with van der Waals surface area (Å²) in [5.74, 6) is 0.330. The summed E-state index contributed by atoms with van der Waals surface area (Å²) >= 11 is 0. The molecule has 0 aliphatic carbocycles. The van der Waals surface area contributed by atoms with Gasteiger partial charge in [-0.15, -0.1) is 6.58 Å². The standard InChI is InChI=1S/C24H31NO3S/c1-5-9-23(29(27)21-14-12-19(4)13-15-21)22(16-18(2)3)25-24(26)28-17-20-10-7-6-8-11-20/h5-8,10-15,18,22-23H,1,9,16-17H2,2-4H3,(H,25,26)/t22-,23-,29+/m1/s1. The van der Waals surface area contributed by atoms with Gasteiger partial charge in [-0.1, -0.05) is 68.0 Å². The molecule has 0 unspecified atom stereocenters. The molecule has 1 N–H and O–H groups in total. The molecule has 0 heterocycles. The Hall–Kier alpha value is -2.40. The summed E-state index contributed by atoms with van der Waals surface area (Å²) in [6.07, 6.45) is 2.52. The van der Waals surface area contributed by atoms with Gasteiger partial charge in [-0.25, -0.2) is 4.79 Å². The van der Waals surface area contributed by atoms with E-state index in [4.69, 9.17) is 4.74 Å². The van der Waals surface area contributed by atoms with Gasteiger partial charge in [-0.05, 0) is 43.4 Å². The third-order valence-electron chi connectivity index (χ3n) is 4.62. The van der Waals surface area contributed by atoms with Crippen LogP contribution in [0.4, 0.5) is 4.79 Å². The molecule has 0 fully saturated rings. The number of amides is 1. The molecule has 3 atom stereocenters. The van der Waals surface area contributed by atoms with Crippen LogP contribution in [-0.4, -0.2) is 21.6 Å². The van der Waals surface area contributed by atoms with E-state index in [0.717, 1.165) is 16.0 Å². The molecule has 4 nitrogen and oxygen atoms in total. The van der Waals surface area contributed by atoms with E-state index in [2.05, 4.69) is 25.7 Å². The number of ether oxygens (including phenoxy) is 1. The van der Waals surface area contributed by atoms with Crippen molar-refractivity contribution in [3.8, 4) is 0 Å². The molecule has 1 amide bonds. The highest BCUT2D eigenvalue weighted by Crippen LogP contribution is 2.22. The predicted molar refractivity (Wildman–Crippen MR) is 119 cm³/mol. The molecule has 0 aliphatic heterocycles. The second-order valence-electron chi connectivity index (χ2n) is 7.62. The minimum atomic E-state index is -1.27. The van der Waals surface area contributed by atoms with Crippen molar-refractivity contribution in [2.24, 2.45) is 5.92 Å². The SMILES string of the molecule is C=CC[C@H]([C@@H](CC(C)C)NC(=O)OCc1ccccc1)[S@@](=O)c1ccc(C)cc1. The summed E-state index contributed by atoms with van der Waals surface area (Å²) in [4.78, 5) is 13.2. The number of carbonyl (C=O) groups excluding carboxylic acids is 1. The average Bonchev–Trinajstić information content (AvgIpc) is 2.70. The zero-order valence-electron chi connectivity index (χ0n) is 17.5. The van der Waals surface area contributed by atoms with Crippen LogP contribution >= 0.6 is 0 Å². The maximum Gasteiger partial charge on any atom is 0.407 e. The predicted octanol–water partition coefficient (Wildman–Crippen LogP) is 5.39. The summed E-state index contributed by atoms with van der Waals surface area (Å²) in [6.45, 7) is 10.2. The number of hydrogen-bond donors (Lipinski definition) is 1. The van der Waals surface area contributed by atoms with Crippen molar-refractivity contribution in [2.75, 3.05) is 0 Å². The fourth-order valence-electron chi connectivity index (χ4n) is 3.14. The number of carbonyl (C=O) groups is 1. The summed E-state index contributed by atoms with van der Waals surface area (Å²) < 4.78 is 18.7. The highest BCUT2D eigenvalue weighted by Gasteiger charge is 2.29. The van der Waals surface area contributed by atoms with Crippen LogP contribution in [0.25, 0.3) is 0 Å². The minimum Gasteiger partial charge on any atom is -0.445 e. The Balaban J connectivity index is 2.12. The summed E-state index contributed by atoms with van der Waals surface area (Å²) in [6, 6.07) is 17.0. The Labute approximate surface area is 176 Å². The number of hydrogen-bond acceptors (Lipinski definition) is 3. The van der Waals surface area contributed by atoms with Gasteiger partial charge in [-0.3, -0.25) is 4.21 Å². The second kappa shape index (κ2) is 11.6. The number of benzene rings is 2. The van der Waals surface area contributed by atoms with Crippen LogP contribution in [0.2, 0.25) is 0 Å². The Morgan fingerprint density at radius 2 is 1.79 bits per heavy atom. The molecule has 29 heavy (non-hydrogen) atoms. The minimum absolute atomic E-state index is 0.203. The van der Waals surface area contributed by atoms with Crippen LogP contribution in [0.3, 0.4) is 0 Å². The molecule has 0 saturated carbocycles. The van der Waals surface area contributed by atoms with Crippen LogP contribution in [0, 0.1) is 12.8 Å². The molecular formula is C24H31NO3S. The van der Waals surface area contributed by atoms with Crippen molar-refractivity contribution < 1.29 is 13.7 Å². The maximum atomic E-state index is 13.3. The number of aryl methyl sites for hydroxylation is 1. The van der Waals surface area contributed by atoms with E-state index in [0.29, 0.717) is 18.8 Å². The van der Waals surface area contributed by atoms with Crippen molar-refractivity contribution >= 4 is 16.9 Å². The number of rotatable bonds is 10. The van der Waals surface area contributed by atoms with E-state index in [1.54, 1.807) is 6.08 Å². The van der Waals surface area contributed by atoms with Crippen LogP contribution < -0.4 is 5.32 Å². The third-order valence-corrected chi connectivity index (χ3v) is 6.43. The molecule has 0 aromatic heterocycles. The Kier molecular flexibility index (Phi) is 9.13. The summed E-state index contributed by atoms with van der Waals surface area (Å²) in [5, 5.41) is 2.69. The normalized spacial score (nSPS) is 14.1. The largest absolute Gasteiger partial charge is 0.445 e. The van der Waals surface area contributed by atoms with Gasteiger partial charge in [0.1, 0.15) is 6.61 Å². The third kappa shape index (κ3) is 7.50. The van der Waals surface area contributed by atoms with Crippen molar-refractivity contribution in [1.82, 2.24) is 5.32 Å². The first-order chi connectivity index (χ1) is 13.9. The van der Waals surface area contributed by atoms with E-state index in [1.807, 2.05) is 61.5 Å². The monoisotopic (exact) mass is 413 g/mol. The van der Waals surface area contributed by atoms with E-state index in [-0.39, 0.29) is 17.9 Å². The highest BCUT2D eigenvalue weighted by atomic mass is 32.2. The molecule has 2 rings (SSSR count). The Morgan fingerprint density at radius 3 is 2.38 bits per heavy atom. The lowest BCUT2D eigenvalue weighted by Crippen LogP contribution is -2.46. The van der Waals surface area contributed by atoms with Crippen molar-refractivity contribution in [2.45, 2.75) is 56.4 Å². The van der Waals surface area contributed by atoms with Crippen LogP contribution in [0.1, 0.15) is 37.8 Å². The van der Waals surface area contributed by atoms with Gasteiger partial charge in [-0.2, -0.15) is 0 Å². The average molecular weight is 414 g/mol. The summed E-state index contributed by atoms with van der Waals surface area (Å²) in [5.41, 5.74) is 2.04. The van der Waals surface area contributed by atoms with Crippen LogP contribution in [0.15, 0.2) is 72.1 Å². The molecule has 0 aliphatic rings. The molecule has 2 aromatic rings. The van der Waals surface area contributed by atoms with Gasteiger partial charge in [0, 0.05) is 10.9 Å². The second-order valence-corrected chi connectivity index (χ2v) is 9.29. The van der Waals surface area contributed by atoms with Gasteiger partial charge in [0.15, 0.2) is 0 Å². The fraction of sp³-hybridized carbons (Fsp3) is 0.375. The zero-order valence-corrected chi connectivity index (χ0v) is 18.3. The van der Waals surface area contributed by atoms with E-state index < -0.39 is 16.9 Å². The van der Waals surface area contributed by atoms with E-state index in [9.17, 15) is 9.00 Å². The first-order valence-corrected chi connectivity index (χ1v) is 11.2. The molecule has 0 radical (unpaired) electrons. The van der Waals surface area contributed by atoms with Crippen molar-refractivity contribution in [3.63, 3.8) is 0 Å². The van der Waals surface area contributed by atoms with Crippen LogP contribution in [-0.2, 0) is 22.1 Å². The molecule has 0 saturated heterocycles. The van der Waals surface area contributed by atoms with Crippen molar-refractivity contribution in [3.05, 3.63) is 78.4 Å². The van der Waals surface area contributed by atoms with E-state index in [1.165, 1.54) is 0 Å². The number of alkyl carbamates (subject to hydrolysis) is 1. The van der Waals surface area contributed by atoms with Crippen molar-refractivity contribution in [1.29, 1.82) is 0 Å². The van der Waals surface area contributed by atoms with E-state index >= 15 is 0 Å². The first kappa shape index (κ1) is 22.9. The maximum absolute atomic E-state index is 13.3. The highest BCUT2D eigenvalue weighted by molar-refractivity contribution is 7.85. The molecule has 156 valence electrons. The lowest BCUT2D eigenvalue weighted by Gasteiger charge is -2.28. The molecule has 0 spiro atoms.